The summed E-state index contributed by atoms with van der Waals surface area (Å²) in [6.45, 7) is 1.65. The number of hydrogen-bond donors (Lipinski definition) is 0. The van der Waals surface area contributed by atoms with Gasteiger partial charge in [-0.25, -0.2) is 4.98 Å². The Labute approximate surface area is 124 Å². The second kappa shape index (κ2) is 6.83. The van der Waals surface area contributed by atoms with E-state index >= 15 is 0 Å². The van der Waals surface area contributed by atoms with Crippen molar-refractivity contribution >= 4 is 0 Å². The largest absolute Gasteiger partial charge is 0.331 e. The molecule has 0 N–H and O–H groups in total. The Balaban J connectivity index is 1.42. The molecule has 0 aliphatic carbocycles. The van der Waals surface area contributed by atoms with Gasteiger partial charge in [-0.15, -0.1) is 5.10 Å². The molecule has 0 fully saturated rings. The van der Waals surface area contributed by atoms with Crippen LogP contribution >= 0.6 is 0 Å². The van der Waals surface area contributed by atoms with E-state index < -0.39 is 0 Å². The van der Waals surface area contributed by atoms with Crippen LogP contribution in [0, 0.1) is 0 Å². The van der Waals surface area contributed by atoms with Gasteiger partial charge < -0.3 is 4.57 Å². The van der Waals surface area contributed by atoms with Gasteiger partial charge in [0.2, 0.25) is 0 Å². The van der Waals surface area contributed by atoms with Gasteiger partial charge in [-0.2, -0.15) is 0 Å². The fraction of sp³-hybridized carbons (Fsp3) is 0.312. The van der Waals surface area contributed by atoms with Gasteiger partial charge in [-0.1, -0.05) is 35.5 Å². The summed E-state index contributed by atoms with van der Waals surface area (Å²) < 4.78 is 3.92. The van der Waals surface area contributed by atoms with Crippen LogP contribution in [0.1, 0.15) is 24.1 Å². The average Bonchev–Trinajstić information content (AvgIpc) is 3.17. The molecule has 3 rings (SSSR count). The number of aryl methyl sites for hydroxylation is 2. The van der Waals surface area contributed by atoms with Crippen molar-refractivity contribution in [1.29, 1.82) is 0 Å². The van der Waals surface area contributed by atoms with Crippen LogP contribution in [0.2, 0.25) is 0 Å². The van der Waals surface area contributed by atoms with Crippen LogP contribution in [0.25, 0.3) is 0 Å². The van der Waals surface area contributed by atoms with Crippen LogP contribution in [0.5, 0.6) is 0 Å². The minimum Gasteiger partial charge on any atom is -0.331 e. The van der Waals surface area contributed by atoms with Crippen molar-refractivity contribution in [3.8, 4) is 0 Å². The van der Waals surface area contributed by atoms with Gasteiger partial charge in [0, 0.05) is 18.9 Å². The van der Waals surface area contributed by atoms with E-state index in [-0.39, 0.29) is 0 Å². The standard InChI is InChI=1S/C16H19N5/c1-2-6-15(7-3-1)8-4-5-10-21-13-16(18-19-21)12-20-11-9-17-14-20/h1-3,6-7,9,11,13-14H,4-5,8,10,12H2. The highest BCUT2D eigenvalue weighted by atomic mass is 15.4. The SMILES string of the molecule is c1ccc(CCCCn2cc(Cn3ccnc3)nn2)cc1. The topological polar surface area (TPSA) is 48.5 Å². The summed E-state index contributed by atoms with van der Waals surface area (Å²) in [5, 5.41) is 8.37. The van der Waals surface area contributed by atoms with Crippen LogP contribution in [0.4, 0.5) is 0 Å². The lowest BCUT2D eigenvalue weighted by Crippen LogP contribution is -1.99. The van der Waals surface area contributed by atoms with Crippen LogP contribution in [0.3, 0.4) is 0 Å². The molecule has 0 aliphatic rings. The molecule has 2 heterocycles. The summed E-state index contributed by atoms with van der Waals surface area (Å²) in [7, 11) is 0. The number of benzene rings is 1. The molecule has 5 heteroatoms. The average molecular weight is 281 g/mol. The molecular formula is C16H19N5. The van der Waals surface area contributed by atoms with Gasteiger partial charge in [0.05, 0.1) is 19.1 Å². The molecule has 3 aromatic rings. The van der Waals surface area contributed by atoms with Crippen molar-refractivity contribution in [3.05, 3.63) is 66.5 Å². The predicted molar refractivity (Wildman–Crippen MR) is 80.7 cm³/mol. The highest BCUT2D eigenvalue weighted by Crippen LogP contribution is 2.06. The van der Waals surface area contributed by atoms with Gasteiger partial charge >= 0.3 is 0 Å². The fourth-order valence-corrected chi connectivity index (χ4v) is 2.34. The summed E-state index contributed by atoms with van der Waals surface area (Å²) in [5.74, 6) is 0. The van der Waals surface area contributed by atoms with Crippen LogP contribution in [-0.2, 0) is 19.5 Å². The summed E-state index contributed by atoms with van der Waals surface area (Å²) in [6, 6.07) is 10.6. The Bertz CT molecular complexity index is 642. The second-order valence-corrected chi connectivity index (χ2v) is 5.15. The van der Waals surface area contributed by atoms with Gasteiger partial charge in [0.1, 0.15) is 5.69 Å². The molecule has 0 bridgehead atoms. The van der Waals surface area contributed by atoms with Crippen molar-refractivity contribution in [2.45, 2.75) is 32.4 Å². The molecule has 0 amide bonds. The summed E-state index contributed by atoms with van der Waals surface area (Å²) >= 11 is 0. The van der Waals surface area contributed by atoms with E-state index in [0.717, 1.165) is 31.6 Å². The Morgan fingerprint density at radius 2 is 1.95 bits per heavy atom. The van der Waals surface area contributed by atoms with Crippen molar-refractivity contribution in [2.24, 2.45) is 0 Å². The van der Waals surface area contributed by atoms with Crippen LogP contribution in [-0.4, -0.2) is 24.5 Å². The monoisotopic (exact) mass is 281 g/mol. The molecule has 0 radical (unpaired) electrons. The molecule has 21 heavy (non-hydrogen) atoms. The lowest BCUT2D eigenvalue weighted by Gasteiger charge is -2.01. The third-order valence-electron chi connectivity index (χ3n) is 3.44. The number of aromatic nitrogens is 5. The molecule has 0 atom stereocenters. The number of unbranched alkanes of at least 4 members (excludes halogenated alkanes) is 1. The van der Waals surface area contributed by atoms with Gasteiger partial charge in [0.15, 0.2) is 0 Å². The number of rotatable bonds is 7. The smallest absolute Gasteiger partial charge is 0.102 e. The van der Waals surface area contributed by atoms with Crippen molar-refractivity contribution < 1.29 is 0 Å². The zero-order valence-electron chi connectivity index (χ0n) is 12.0. The molecule has 0 saturated carbocycles. The first-order valence-electron chi connectivity index (χ1n) is 7.29. The molecule has 2 aromatic heterocycles. The Morgan fingerprint density at radius 3 is 2.76 bits per heavy atom. The maximum absolute atomic E-state index is 4.19. The summed E-state index contributed by atoms with van der Waals surface area (Å²) in [5.41, 5.74) is 2.37. The van der Waals surface area contributed by atoms with Crippen molar-refractivity contribution in [2.75, 3.05) is 0 Å². The molecule has 1 aromatic carbocycles. The third-order valence-corrected chi connectivity index (χ3v) is 3.44. The second-order valence-electron chi connectivity index (χ2n) is 5.15. The highest BCUT2D eigenvalue weighted by molar-refractivity contribution is 5.14. The normalized spacial score (nSPS) is 10.9. The number of hydrogen-bond acceptors (Lipinski definition) is 3. The minimum atomic E-state index is 0.726. The Morgan fingerprint density at radius 1 is 1.05 bits per heavy atom. The molecule has 108 valence electrons. The first-order valence-corrected chi connectivity index (χ1v) is 7.29. The minimum absolute atomic E-state index is 0.726. The first-order chi connectivity index (χ1) is 10.4. The Kier molecular flexibility index (Phi) is 4.41. The van der Waals surface area contributed by atoms with E-state index in [4.69, 9.17) is 0 Å². The quantitative estimate of drug-likeness (QED) is 0.625. The van der Waals surface area contributed by atoms with E-state index in [1.165, 1.54) is 12.0 Å². The molecule has 5 nitrogen and oxygen atoms in total. The van der Waals surface area contributed by atoms with Crippen LogP contribution < -0.4 is 0 Å². The molecular weight excluding hydrogens is 262 g/mol. The molecule has 0 saturated heterocycles. The van der Waals surface area contributed by atoms with Gasteiger partial charge in [-0.3, -0.25) is 4.68 Å². The van der Waals surface area contributed by atoms with E-state index in [1.807, 2.05) is 21.6 Å². The van der Waals surface area contributed by atoms with Gasteiger partial charge in [-0.05, 0) is 24.8 Å². The lowest BCUT2D eigenvalue weighted by molar-refractivity contribution is 0.541. The summed E-state index contributed by atoms with van der Waals surface area (Å²) in [4.78, 5) is 4.02. The first kappa shape index (κ1) is 13.5. The zero-order valence-corrected chi connectivity index (χ0v) is 12.0. The van der Waals surface area contributed by atoms with E-state index in [1.54, 1.807) is 12.5 Å². The maximum atomic E-state index is 4.19. The zero-order chi connectivity index (χ0) is 14.3. The maximum Gasteiger partial charge on any atom is 0.102 e. The third kappa shape index (κ3) is 4.02. The number of nitrogens with zero attached hydrogens (tertiary/aromatic N) is 5. The van der Waals surface area contributed by atoms with Crippen molar-refractivity contribution in [3.63, 3.8) is 0 Å². The molecule has 0 unspecified atom stereocenters. The summed E-state index contributed by atoms with van der Waals surface area (Å²) in [6.07, 6.45) is 10.9. The van der Waals surface area contributed by atoms with E-state index in [0.29, 0.717) is 0 Å². The Hall–Kier alpha value is -2.43. The number of imidazole rings is 1. The van der Waals surface area contributed by atoms with E-state index in [2.05, 4.69) is 45.6 Å². The predicted octanol–water partition coefficient (Wildman–Crippen LogP) is 2.55. The molecule has 0 aliphatic heterocycles. The highest BCUT2D eigenvalue weighted by Gasteiger charge is 2.01. The van der Waals surface area contributed by atoms with Crippen LogP contribution in [0.15, 0.2) is 55.2 Å². The molecule has 0 spiro atoms. The fourth-order valence-electron chi connectivity index (χ4n) is 2.34. The van der Waals surface area contributed by atoms with Gasteiger partial charge in [0.25, 0.3) is 0 Å². The van der Waals surface area contributed by atoms with Crippen molar-refractivity contribution in [1.82, 2.24) is 24.5 Å². The van der Waals surface area contributed by atoms with E-state index in [9.17, 15) is 0 Å². The lowest BCUT2D eigenvalue weighted by atomic mass is 10.1.